The van der Waals surface area contributed by atoms with Crippen molar-refractivity contribution in [3.63, 3.8) is 0 Å². The van der Waals surface area contributed by atoms with Gasteiger partial charge in [-0.05, 0) is 25.9 Å². The molecule has 1 fully saturated rings. The number of piperidine rings is 1. The van der Waals surface area contributed by atoms with Crippen LogP contribution in [0.4, 0.5) is 11.5 Å². The molecule has 1 saturated heterocycles. The molecule has 0 aliphatic carbocycles. The molecule has 1 aromatic rings. The third-order valence-corrected chi connectivity index (χ3v) is 3.65. The van der Waals surface area contributed by atoms with Crippen molar-refractivity contribution in [2.75, 3.05) is 38.6 Å². The van der Waals surface area contributed by atoms with Crippen LogP contribution in [0.5, 0.6) is 0 Å². The number of aromatic nitrogens is 1. The van der Waals surface area contributed by atoms with Gasteiger partial charge in [0.1, 0.15) is 0 Å². The molecule has 1 aliphatic rings. The van der Waals surface area contributed by atoms with E-state index in [0.29, 0.717) is 6.54 Å². The number of nitro groups is 1. The van der Waals surface area contributed by atoms with Gasteiger partial charge < -0.3 is 15.0 Å². The summed E-state index contributed by atoms with van der Waals surface area (Å²) in [4.78, 5) is 28.3. The molecule has 0 radical (unpaired) electrons. The zero-order valence-electron chi connectivity index (χ0n) is 12.6. The summed E-state index contributed by atoms with van der Waals surface area (Å²) in [5, 5.41) is 14.1. The number of ether oxygens (including phenoxy) is 1. The van der Waals surface area contributed by atoms with E-state index in [9.17, 15) is 14.9 Å². The minimum absolute atomic E-state index is 0.0655. The fourth-order valence-electron chi connectivity index (χ4n) is 2.47. The molecule has 0 aromatic carbocycles. The van der Waals surface area contributed by atoms with E-state index in [1.54, 1.807) is 0 Å². The van der Waals surface area contributed by atoms with Gasteiger partial charge in [0, 0.05) is 25.4 Å². The third-order valence-electron chi connectivity index (χ3n) is 3.65. The Balaban J connectivity index is 1.99. The Labute approximate surface area is 128 Å². The summed E-state index contributed by atoms with van der Waals surface area (Å²) in [7, 11) is 1.22. The number of hydrogen-bond donors (Lipinski definition) is 1. The molecule has 1 aromatic heterocycles. The zero-order chi connectivity index (χ0) is 15.9. The zero-order valence-corrected chi connectivity index (χ0v) is 12.6. The maximum atomic E-state index is 11.4. The molecule has 2 rings (SSSR count). The molecule has 8 heteroatoms. The van der Waals surface area contributed by atoms with Gasteiger partial charge in [-0.2, -0.15) is 0 Å². The maximum Gasteiger partial charge on any atom is 0.339 e. The van der Waals surface area contributed by atoms with E-state index in [1.807, 2.05) is 0 Å². The van der Waals surface area contributed by atoms with Crippen molar-refractivity contribution >= 4 is 17.5 Å². The van der Waals surface area contributed by atoms with Crippen LogP contribution in [-0.2, 0) is 4.74 Å². The summed E-state index contributed by atoms with van der Waals surface area (Å²) >= 11 is 0. The number of nitrogens with zero attached hydrogens (tertiary/aromatic N) is 3. The number of pyridine rings is 1. The molecule has 1 aliphatic heterocycles. The molecule has 0 bridgehead atoms. The van der Waals surface area contributed by atoms with Crippen LogP contribution >= 0.6 is 0 Å². The van der Waals surface area contributed by atoms with E-state index in [2.05, 4.69) is 19.9 Å². The molecule has 0 unspecified atom stereocenters. The number of carbonyl (C=O) groups is 1. The molecular weight excluding hydrogens is 288 g/mol. The van der Waals surface area contributed by atoms with E-state index < -0.39 is 10.9 Å². The number of esters is 1. The Hall–Kier alpha value is -2.22. The Morgan fingerprint density at radius 3 is 2.82 bits per heavy atom. The molecule has 120 valence electrons. The summed E-state index contributed by atoms with van der Waals surface area (Å²) in [5.41, 5.74) is -0.155. The van der Waals surface area contributed by atoms with Crippen molar-refractivity contribution in [2.45, 2.75) is 19.3 Å². The summed E-state index contributed by atoms with van der Waals surface area (Å²) in [5.74, 6) is -0.467. The molecular formula is C14H20N4O4. The fraction of sp³-hybridized carbons (Fsp3) is 0.571. The van der Waals surface area contributed by atoms with Gasteiger partial charge in [-0.3, -0.25) is 10.1 Å². The van der Waals surface area contributed by atoms with Crippen molar-refractivity contribution in [2.24, 2.45) is 0 Å². The second-order valence-electron chi connectivity index (χ2n) is 5.17. The van der Waals surface area contributed by atoms with Crippen LogP contribution in [0.3, 0.4) is 0 Å². The lowest BCUT2D eigenvalue weighted by Gasteiger charge is -2.26. The topological polar surface area (TPSA) is 97.6 Å². The highest BCUT2D eigenvalue weighted by atomic mass is 16.6. The van der Waals surface area contributed by atoms with E-state index in [1.165, 1.54) is 38.6 Å². The second kappa shape index (κ2) is 7.69. The first-order valence-electron chi connectivity index (χ1n) is 7.31. The fourth-order valence-corrected chi connectivity index (χ4v) is 2.47. The van der Waals surface area contributed by atoms with Gasteiger partial charge in [-0.25, -0.2) is 9.78 Å². The lowest BCUT2D eigenvalue weighted by molar-refractivity contribution is -0.384. The van der Waals surface area contributed by atoms with Crippen molar-refractivity contribution in [1.82, 2.24) is 9.88 Å². The Morgan fingerprint density at radius 2 is 2.18 bits per heavy atom. The van der Waals surface area contributed by atoms with Crippen LogP contribution in [-0.4, -0.2) is 54.1 Å². The Bertz CT molecular complexity index is 544. The van der Waals surface area contributed by atoms with Crippen molar-refractivity contribution in [3.8, 4) is 0 Å². The number of carbonyl (C=O) groups excluding carboxylic acids is 1. The van der Waals surface area contributed by atoms with E-state index >= 15 is 0 Å². The highest BCUT2D eigenvalue weighted by Crippen LogP contribution is 2.23. The number of likely N-dealkylation sites (tertiary alicyclic amines) is 1. The van der Waals surface area contributed by atoms with Gasteiger partial charge in [-0.1, -0.05) is 6.42 Å². The molecule has 22 heavy (non-hydrogen) atoms. The Morgan fingerprint density at radius 1 is 1.45 bits per heavy atom. The minimum Gasteiger partial charge on any atom is -0.465 e. The molecule has 2 heterocycles. The first-order valence-corrected chi connectivity index (χ1v) is 7.31. The van der Waals surface area contributed by atoms with Gasteiger partial charge in [-0.15, -0.1) is 0 Å². The van der Waals surface area contributed by atoms with Crippen molar-refractivity contribution in [3.05, 3.63) is 27.9 Å². The first-order chi connectivity index (χ1) is 10.6. The normalized spacial score (nSPS) is 15.3. The second-order valence-corrected chi connectivity index (χ2v) is 5.17. The minimum atomic E-state index is -0.643. The van der Waals surface area contributed by atoms with Crippen LogP contribution in [0.25, 0.3) is 0 Å². The predicted molar refractivity (Wildman–Crippen MR) is 81.0 cm³/mol. The maximum absolute atomic E-state index is 11.4. The standard InChI is InChI=1S/C14H20N4O4/c1-22-14(19)11-9-12(18(20)21)13(16-10-11)15-5-8-17-6-3-2-4-7-17/h9-10H,2-8H2,1H3,(H,15,16). The average molecular weight is 308 g/mol. The van der Waals surface area contributed by atoms with E-state index in [4.69, 9.17) is 0 Å². The number of nitrogens with one attached hydrogen (secondary N) is 1. The van der Waals surface area contributed by atoms with Crippen molar-refractivity contribution in [1.29, 1.82) is 0 Å². The highest BCUT2D eigenvalue weighted by Gasteiger charge is 2.19. The van der Waals surface area contributed by atoms with Crippen molar-refractivity contribution < 1.29 is 14.5 Å². The molecule has 0 atom stereocenters. The summed E-state index contributed by atoms with van der Waals surface area (Å²) in [6.07, 6.45) is 4.95. The Kier molecular flexibility index (Phi) is 5.65. The van der Waals surface area contributed by atoms with Gasteiger partial charge >= 0.3 is 11.7 Å². The highest BCUT2D eigenvalue weighted by molar-refractivity contribution is 5.90. The van der Waals surface area contributed by atoms with Crippen LogP contribution < -0.4 is 5.32 Å². The first kappa shape index (κ1) is 16.2. The summed E-state index contributed by atoms with van der Waals surface area (Å²) < 4.78 is 4.54. The van der Waals surface area contributed by atoms with Crippen LogP contribution in [0.15, 0.2) is 12.3 Å². The predicted octanol–water partition coefficient (Wildman–Crippen LogP) is 1.67. The number of hydrogen-bond acceptors (Lipinski definition) is 7. The molecule has 0 amide bonds. The number of anilines is 1. The number of rotatable bonds is 6. The average Bonchev–Trinajstić information content (AvgIpc) is 2.55. The van der Waals surface area contributed by atoms with Crippen LogP contribution in [0.1, 0.15) is 29.6 Å². The van der Waals surface area contributed by atoms with E-state index in [-0.39, 0.29) is 17.1 Å². The quantitative estimate of drug-likeness (QED) is 0.485. The largest absolute Gasteiger partial charge is 0.465 e. The van der Waals surface area contributed by atoms with Gasteiger partial charge in [0.2, 0.25) is 5.82 Å². The summed E-state index contributed by atoms with van der Waals surface area (Å²) in [6.45, 7) is 3.53. The smallest absolute Gasteiger partial charge is 0.339 e. The van der Waals surface area contributed by atoms with Gasteiger partial charge in [0.15, 0.2) is 0 Å². The van der Waals surface area contributed by atoms with Crippen LogP contribution in [0, 0.1) is 10.1 Å². The molecule has 0 spiro atoms. The van der Waals surface area contributed by atoms with Gasteiger partial charge in [0.25, 0.3) is 0 Å². The van der Waals surface area contributed by atoms with Gasteiger partial charge in [0.05, 0.1) is 17.6 Å². The lowest BCUT2D eigenvalue weighted by Crippen LogP contribution is -2.33. The SMILES string of the molecule is COC(=O)c1cnc(NCCN2CCCCC2)c([N+](=O)[O-])c1. The number of methoxy groups -OCH3 is 1. The lowest BCUT2D eigenvalue weighted by atomic mass is 10.1. The summed E-state index contributed by atoms with van der Waals surface area (Å²) in [6, 6.07) is 1.18. The molecule has 1 N–H and O–H groups in total. The molecule has 8 nitrogen and oxygen atoms in total. The van der Waals surface area contributed by atoms with Crippen LogP contribution in [0.2, 0.25) is 0 Å². The third kappa shape index (κ3) is 4.14. The van der Waals surface area contributed by atoms with E-state index in [0.717, 1.165) is 19.6 Å². The monoisotopic (exact) mass is 308 g/mol. The molecule has 0 saturated carbocycles.